The molecule has 0 aromatic carbocycles. The summed E-state index contributed by atoms with van der Waals surface area (Å²) in [7, 11) is 0. The van der Waals surface area contributed by atoms with Crippen LogP contribution in [0.1, 0.15) is 59.3 Å². The van der Waals surface area contributed by atoms with Crippen molar-refractivity contribution in [2.75, 3.05) is 6.61 Å². The molecule has 2 heteroatoms. The highest BCUT2D eigenvalue weighted by atomic mass is 16.6. The third kappa shape index (κ3) is 2.22. The maximum Gasteiger partial charge on any atom is 0.0923 e. The summed E-state index contributed by atoms with van der Waals surface area (Å²) in [5.41, 5.74) is 0.245. The molecule has 1 aliphatic carbocycles. The van der Waals surface area contributed by atoms with Gasteiger partial charge < -0.3 is 9.47 Å². The van der Waals surface area contributed by atoms with Gasteiger partial charge in [0.05, 0.1) is 17.8 Å². The van der Waals surface area contributed by atoms with Gasteiger partial charge in [-0.25, -0.2) is 0 Å². The molecular formula is C16H28O2. The van der Waals surface area contributed by atoms with Gasteiger partial charge in [-0.2, -0.15) is 0 Å². The lowest BCUT2D eigenvalue weighted by Gasteiger charge is -2.40. The van der Waals surface area contributed by atoms with Crippen LogP contribution in [-0.4, -0.2) is 24.4 Å². The second kappa shape index (κ2) is 4.79. The van der Waals surface area contributed by atoms with Crippen molar-refractivity contribution in [3.8, 4) is 0 Å². The fraction of sp³-hybridized carbons (Fsp3) is 1.00. The Morgan fingerprint density at radius 3 is 2.78 bits per heavy atom. The summed E-state index contributed by atoms with van der Waals surface area (Å²) in [6, 6.07) is 0. The van der Waals surface area contributed by atoms with Gasteiger partial charge in [-0.05, 0) is 63.7 Å². The number of fused-ring (bicyclic) bond motifs is 1. The first-order chi connectivity index (χ1) is 8.64. The lowest BCUT2D eigenvalue weighted by molar-refractivity contribution is -0.0505. The molecule has 3 aliphatic rings. The second-order valence-electron chi connectivity index (χ2n) is 6.91. The maximum atomic E-state index is 5.90. The lowest BCUT2D eigenvalue weighted by atomic mass is 9.67. The van der Waals surface area contributed by atoms with E-state index in [1.807, 2.05) is 0 Å². The van der Waals surface area contributed by atoms with Crippen LogP contribution in [0, 0.1) is 17.8 Å². The third-order valence-corrected chi connectivity index (χ3v) is 5.79. The Labute approximate surface area is 111 Å². The van der Waals surface area contributed by atoms with Crippen LogP contribution in [-0.2, 0) is 9.47 Å². The lowest BCUT2D eigenvalue weighted by Crippen LogP contribution is -2.38. The minimum Gasteiger partial charge on any atom is -0.378 e. The molecule has 3 fully saturated rings. The number of epoxide rings is 1. The molecule has 0 radical (unpaired) electrons. The fourth-order valence-electron chi connectivity index (χ4n) is 4.68. The number of hydrogen-bond acceptors (Lipinski definition) is 2. The van der Waals surface area contributed by atoms with Gasteiger partial charge in [-0.1, -0.05) is 13.3 Å². The van der Waals surface area contributed by atoms with E-state index in [-0.39, 0.29) is 5.60 Å². The van der Waals surface area contributed by atoms with Crippen LogP contribution in [0.5, 0.6) is 0 Å². The van der Waals surface area contributed by atoms with E-state index in [4.69, 9.17) is 9.47 Å². The van der Waals surface area contributed by atoms with Crippen molar-refractivity contribution in [3.63, 3.8) is 0 Å². The molecule has 0 N–H and O–H groups in total. The van der Waals surface area contributed by atoms with Gasteiger partial charge in [0, 0.05) is 6.61 Å². The highest BCUT2D eigenvalue weighted by Gasteiger charge is 2.56. The van der Waals surface area contributed by atoms with E-state index in [2.05, 4.69) is 20.8 Å². The van der Waals surface area contributed by atoms with E-state index >= 15 is 0 Å². The molecule has 5 unspecified atom stereocenters. The molecular weight excluding hydrogens is 224 g/mol. The average molecular weight is 252 g/mol. The molecule has 2 heterocycles. The Morgan fingerprint density at radius 1 is 1.28 bits per heavy atom. The Morgan fingerprint density at radius 2 is 2.11 bits per heavy atom. The quantitative estimate of drug-likeness (QED) is 0.713. The average Bonchev–Trinajstić information content (AvgIpc) is 3.03. The Bertz CT molecular complexity index is 303. The molecule has 3 rings (SSSR count). The largest absolute Gasteiger partial charge is 0.378 e. The zero-order valence-corrected chi connectivity index (χ0v) is 12.2. The highest BCUT2D eigenvalue weighted by molar-refractivity contribution is 5.05. The minimum atomic E-state index is 0.245. The minimum absolute atomic E-state index is 0.245. The van der Waals surface area contributed by atoms with E-state index in [9.17, 15) is 0 Å². The molecule has 0 spiro atoms. The zero-order chi connectivity index (χ0) is 12.8. The Hall–Kier alpha value is -0.0800. The second-order valence-corrected chi connectivity index (χ2v) is 6.91. The SMILES string of the molecule is CCC(C1CCC2OC2(C)C1)[C@H]1CCCOC1C. The monoisotopic (exact) mass is 252 g/mol. The van der Waals surface area contributed by atoms with Crippen molar-refractivity contribution >= 4 is 0 Å². The van der Waals surface area contributed by atoms with Gasteiger partial charge >= 0.3 is 0 Å². The molecule has 2 aliphatic heterocycles. The number of ether oxygens (including phenoxy) is 2. The molecule has 0 aromatic rings. The highest BCUT2D eigenvalue weighted by Crippen LogP contribution is 2.53. The van der Waals surface area contributed by atoms with Crippen LogP contribution < -0.4 is 0 Å². The maximum absolute atomic E-state index is 5.90. The molecule has 0 bridgehead atoms. The van der Waals surface area contributed by atoms with E-state index < -0.39 is 0 Å². The topological polar surface area (TPSA) is 21.8 Å². The van der Waals surface area contributed by atoms with Crippen LogP contribution in [0.15, 0.2) is 0 Å². The van der Waals surface area contributed by atoms with E-state index in [1.165, 1.54) is 38.5 Å². The summed E-state index contributed by atoms with van der Waals surface area (Å²) in [6.45, 7) is 7.95. The summed E-state index contributed by atoms with van der Waals surface area (Å²) < 4.78 is 11.8. The van der Waals surface area contributed by atoms with Gasteiger partial charge in [0.1, 0.15) is 0 Å². The summed E-state index contributed by atoms with van der Waals surface area (Å²) in [6.07, 6.45) is 8.96. The van der Waals surface area contributed by atoms with Crippen molar-refractivity contribution in [1.29, 1.82) is 0 Å². The van der Waals surface area contributed by atoms with Gasteiger partial charge in [0.25, 0.3) is 0 Å². The number of rotatable bonds is 3. The standard InChI is InChI=1S/C16H28O2/c1-4-13(14-6-5-9-17-11(14)2)12-7-8-15-16(3,10-12)18-15/h11-15H,4-10H2,1-3H3/t11?,12?,13?,14-,15?,16?/m0/s1. The Kier molecular flexibility index (Phi) is 3.44. The predicted molar refractivity (Wildman–Crippen MR) is 72.5 cm³/mol. The molecule has 18 heavy (non-hydrogen) atoms. The molecule has 2 nitrogen and oxygen atoms in total. The summed E-state index contributed by atoms with van der Waals surface area (Å²) in [5, 5.41) is 0. The van der Waals surface area contributed by atoms with Crippen LogP contribution in [0.2, 0.25) is 0 Å². The van der Waals surface area contributed by atoms with Crippen molar-refractivity contribution in [2.45, 2.75) is 77.1 Å². The van der Waals surface area contributed by atoms with E-state index in [0.29, 0.717) is 12.2 Å². The van der Waals surface area contributed by atoms with Crippen LogP contribution in [0.25, 0.3) is 0 Å². The number of hydrogen-bond donors (Lipinski definition) is 0. The first-order valence-corrected chi connectivity index (χ1v) is 7.93. The van der Waals surface area contributed by atoms with Gasteiger partial charge in [0.2, 0.25) is 0 Å². The molecule has 0 aromatic heterocycles. The zero-order valence-electron chi connectivity index (χ0n) is 12.2. The normalized spacial score (nSPS) is 49.5. The molecule has 2 saturated heterocycles. The van der Waals surface area contributed by atoms with E-state index in [1.54, 1.807) is 0 Å². The van der Waals surface area contributed by atoms with Crippen molar-refractivity contribution in [1.82, 2.24) is 0 Å². The first kappa shape index (κ1) is 12.9. The van der Waals surface area contributed by atoms with Crippen molar-refractivity contribution < 1.29 is 9.47 Å². The Balaban J connectivity index is 1.67. The van der Waals surface area contributed by atoms with Gasteiger partial charge in [0.15, 0.2) is 0 Å². The smallest absolute Gasteiger partial charge is 0.0923 e. The van der Waals surface area contributed by atoms with Crippen LogP contribution in [0.3, 0.4) is 0 Å². The third-order valence-electron chi connectivity index (χ3n) is 5.79. The predicted octanol–water partition coefficient (Wildman–Crippen LogP) is 3.79. The van der Waals surface area contributed by atoms with E-state index in [0.717, 1.165) is 24.4 Å². The van der Waals surface area contributed by atoms with Crippen LogP contribution >= 0.6 is 0 Å². The van der Waals surface area contributed by atoms with Crippen molar-refractivity contribution in [2.24, 2.45) is 17.8 Å². The van der Waals surface area contributed by atoms with Crippen LogP contribution in [0.4, 0.5) is 0 Å². The first-order valence-electron chi connectivity index (χ1n) is 7.93. The fourth-order valence-corrected chi connectivity index (χ4v) is 4.68. The van der Waals surface area contributed by atoms with Crippen molar-refractivity contribution in [3.05, 3.63) is 0 Å². The molecule has 1 saturated carbocycles. The van der Waals surface area contributed by atoms with Gasteiger partial charge in [-0.15, -0.1) is 0 Å². The summed E-state index contributed by atoms with van der Waals surface area (Å²) in [4.78, 5) is 0. The summed E-state index contributed by atoms with van der Waals surface area (Å²) >= 11 is 0. The summed E-state index contributed by atoms with van der Waals surface area (Å²) in [5.74, 6) is 2.50. The molecule has 0 amide bonds. The molecule has 104 valence electrons. The van der Waals surface area contributed by atoms with Gasteiger partial charge in [-0.3, -0.25) is 0 Å². The molecule has 6 atom stereocenters.